The van der Waals surface area contributed by atoms with Gasteiger partial charge in [-0.2, -0.15) is 10.5 Å². The lowest BCUT2D eigenvalue weighted by atomic mass is 10.2. The minimum atomic E-state index is -3.74. The van der Waals surface area contributed by atoms with Crippen LogP contribution in [0.25, 0.3) is 21.8 Å². The number of hydrogen-bond acceptors (Lipinski definition) is 4. The van der Waals surface area contributed by atoms with Crippen molar-refractivity contribution in [2.45, 2.75) is 11.8 Å². The van der Waals surface area contributed by atoms with Crippen LogP contribution in [0, 0.1) is 29.6 Å². The highest BCUT2D eigenvalue weighted by Crippen LogP contribution is 2.30. The van der Waals surface area contributed by atoms with Crippen LogP contribution in [-0.2, 0) is 10.0 Å². The number of rotatable bonds is 2. The van der Waals surface area contributed by atoms with Gasteiger partial charge in [-0.25, -0.2) is 12.4 Å². The third-order valence-electron chi connectivity index (χ3n) is 5.25. The maximum Gasteiger partial charge on any atom is 0.268 e. The van der Waals surface area contributed by atoms with Crippen molar-refractivity contribution < 1.29 is 8.42 Å². The van der Waals surface area contributed by atoms with E-state index in [-0.39, 0.29) is 4.90 Å². The lowest BCUT2D eigenvalue weighted by Gasteiger charge is -2.09. The fourth-order valence-corrected chi connectivity index (χ4v) is 5.80. The highest BCUT2D eigenvalue weighted by Gasteiger charge is 2.21. The van der Waals surface area contributed by atoms with Gasteiger partial charge in [-0.1, -0.05) is 49.6 Å². The average molecular weight is 596 g/mol. The largest absolute Gasteiger partial charge is 0.360 e. The van der Waals surface area contributed by atoms with E-state index in [0.717, 1.165) is 29.4 Å². The highest BCUT2D eigenvalue weighted by atomic mass is 79.9. The smallest absolute Gasteiger partial charge is 0.268 e. The summed E-state index contributed by atoms with van der Waals surface area (Å²) >= 11 is 6.80. The molecule has 9 heteroatoms. The SMILES string of the molecule is Cc1ccc(S(=O)(=O)n2ccc3c(Br)ccc(C#N)c32)cc1.N#Cc1ccc(Br)c2cc[nH]c12. The summed E-state index contributed by atoms with van der Waals surface area (Å²) < 4.78 is 28.6. The zero-order valence-electron chi connectivity index (χ0n) is 17.8. The minimum absolute atomic E-state index is 0.194. The van der Waals surface area contributed by atoms with Crippen molar-refractivity contribution in [3.8, 4) is 12.1 Å². The van der Waals surface area contributed by atoms with Crippen molar-refractivity contribution in [3.63, 3.8) is 0 Å². The summed E-state index contributed by atoms with van der Waals surface area (Å²) in [7, 11) is -3.74. The number of halogens is 2. The average Bonchev–Trinajstić information content (AvgIpc) is 3.50. The third kappa shape index (κ3) is 4.26. The first-order valence-corrected chi connectivity index (χ1v) is 13.0. The maximum atomic E-state index is 12.8. The molecule has 0 spiro atoms. The number of aromatic amines is 1. The number of fused-ring (bicyclic) bond motifs is 2. The van der Waals surface area contributed by atoms with E-state index in [0.29, 0.717) is 22.0 Å². The maximum absolute atomic E-state index is 12.8. The summed E-state index contributed by atoms with van der Waals surface area (Å²) in [6.45, 7) is 1.90. The molecule has 5 rings (SSSR count). The van der Waals surface area contributed by atoms with E-state index >= 15 is 0 Å². The molecule has 2 aromatic heterocycles. The topological polar surface area (TPSA) is 102 Å². The number of nitrogens with one attached hydrogen (secondary N) is 1. The molecule has 0 aliphatic rings. The van der Waals surface area contributed by atoms with Crippen molar-refractivity contribution in [1.29, 1.82) is 10.5 Å². The highest BCUT2D eigenvalue weighted by molar-refractivity contribution is 9.11. The molecule has 0 bridgehead atoms. The Morgan fingerprint density at radius 3 is 2.09 bits per heavy atom. The van der Waals surface area contributed by atoms with Gasteiger partial charge in [0.05, 0.1) is 27.1 Å². The molecule has 0 aliphatic heterocycles. The van der Waals surface area contributed by atoms with Crippen LogP contribution in [0.1, 0.15) is 16.7 Å². The molecule has 0 radical (unpaired) electrons. The molecule has 6 nitrogen and oxygen atoms in total. The van der Waals surface area contributed by atoms with Crippen LogP contribution in [0.4, 0.5) is 0 Å². The summed E-state index contributed by atoms with van der Waals surface area (Å²) in [5.41, 5.74) is 3.26. The van der Waals surface area contributed by atoms with Crippen LogP contribution in [0.3, 0.4) is 0 Å². The third-order valence-corrected chi connectivity index (χ3v) is 8.32. The predicted octanol–water partition coefficient (Wildman–Crippen LogP) is 6.62. The number of aromatic nitrogens is 2. The number of nitrogens with zero attached hydrogens (tertiary/aromatic N) is 3. The zero-order chi connectivity index (χ0) is 24.5. The molecule has 1 N–H and O–H groups in total. The van der Waals surface area contributed by atoms with E-state index in [2.05, 4.69) is 49.0 Å². The minimum Gasteiger partial charge on any atom is -0.360 e. The van der Waals surface area contributed by atoms with Crippen molar-refractivity contribution in [1.82, 2.24) is 8.96 Å². The summed E-state index contributed by atoms with van der Waals surface area (Å²) in [5.74, 6) is 0. The molecule has 34 heavy (non-hydrogen) atoms. The van der Waals surface area contributed by atoms with Crippen LogP contribution in [0.2, 0.25) is 0 Å². The zero-order valence-corrected chi connectivity index (χ0v) is 21.7. The van der Waals surface area contributed by atoms with E-state index in [1.807, 2.05) is 25.3 Å². The first-order chi connectivity index (χ1) is 16.3. The molecule has 5 aromatic rings. The number of benzene rings is 3. The van der Waals surface area contributed by atoms with Gasteiger partial charge in [-0.15, -0.1) is 0 Å². The van der Waals surface area contributed by atoms with Crippen LogP contribution in [0.5, 0.6) is 0 Å². The number of aryl methyl sites for hydroxylation is 1. The molecular formula is C25H16Br2N4O2S. The van der Waals surface area contributed by atoms with Crippen molar-refractivity contribution in [2.75, 3.05) is 0 Å². The quantitative estimate of drug-likeness (QED) is 0.247. The first kappa shape index (κ1) is 23.8. The van der Waals surface area contributed by atoms with Gasteiger partial charge < -0.3 is 4.98 Å². The van der Waals surface area contributed by atoms with Gasteiger partial charge in [0.1, 0.15) is 12.1 Å². The van der Waals surface area contributed by atoms with Gasteiger partial charge >= 0.3 is 0 Å². The van der Waals surface area contributed by atoms with Crippen molar-refractivity contribution >= 4 is 63.7 Å². The normalized spacial score (nSPS) is 11.0. The summed E-state index contributed by atoms with van der Waals surface area (Å²) in [6.07, 6.45) is 3.31. The Bertz CT molecular complexity index is 1720. The van der Waals surface area contributed by atoms with Gasteiger partial charge in [-0.05, 0) is 55.5 Å². The lowest BCUT2D eigenvalue weighted by molar-refractivity contribution is 0.589. The molecule has 0 atom stereocenters. The van der Waals surface area contributed by atoms with Gasteiger partial charge in [0, 0.05) is 32.1 Å². The Balaban J connectivity index is 0.000000192. The van der Waals surface area contributed by atoms with E-state index in [1.54, 1.807) is 48.5 Å². The first-order valence-electron chi connectivity index (χ1n) is 9.95. The summed E-state index contributed by atoms with van der Waals surface area (Å²) in [6, 6.07) is 21.5. The molecule has 0 unspecified atom stereocenters. The molecule has 168 valence electrons. The molecular weight excluding hydrogens is 580 g/mol. The second-order valence-electron chi connectivity index (χ2n) is 7.37. The van der Waals surface area contributed by atoms with Gasteiger partial charge in [-0.3, -0.25) is 0 Å². The van der Waals surface area contributed by atoms with E-state index in [9.17, 15) is 13.7 Å². The van der Waals surface area contributed by atoms with E-state index in [1.165, 1.54) is 6.20 Å². The van der Waals surface area contributed by atoms with Crippen molar-refractivity contribution in [3.05, 3.63) is 98.7 Å². The Kier molecular flexibility index (Phi) is 6.63. The molecule has 2 heterocycles. The Labute approximate surface area is 213 Å². The van der Waals surface area contributed by atoms with Crippen LogP contribution >= 0.6 is 31.9 Å². The van der Waals surface area contributed by atoms with E-state index < -0.39 is 10.0 Å². The van der Waals surface area contributed by atoms with Gasteiger partial charge in [0.15, 0.2) is 0 Å². The number of nitriles is 2. The molecule has 0 fully saturated rings. The molecule has 0 saturated heterocycles. The van der Waals surface area contributed by atoms with Crippen LogP contribution in [-0.4, -0.2) is 17.4 Å². The molecule has 0 amide bonds. The number of hydrogen-bond donors (Lipinski definition) is 1. The molecule has 3 aromatic carbocycles. The Hall–Kier alpha value is -3.37. The standard InChI is InChI=1S/C16H11BrN2O2S.C9H5BrN2/c1-11-2-5-13(6-3-11)22(20,21)19-9-8-14-15(17)7-4-12(10-18)16(14)19;10-8-2-1-6(5-11)9-7(8)3-4-12-9/h2-9H,1H3;1-4,12H. The molecule has 0 aliphatic carbocycles. The summed E-state index contributed by atoms with van der Waals surface area (Å²) in [4.78, 5) is 3.22. The van der Waals surface area contributed by atoms with Gasteiger partial charge in [0.25, 0.3) is 10.0 Å². The van der Waals surface area contributed by atoms with Crippen molar-refractivity contribution in [2.24, 2.45) is 0 Å². The molecule has 0 saturated carbocycles. The number of H-pyrrole nitrogens is 1. The van der Waals surface area contributed by atoms with Crippen LogP contribution in [0.15, 0.2) is 86.9 Å². The fraction of sp³-hybridized carbons (Fsp3) is 0.0400. The fourth-order valence-electron chi connectivity index (χ4n) is 3.52. The Morgan fingerprint density at radius 1 is 0.824 bits per heavy atom. The lowest BCUT2D eigenvalue weighted by Crippen LogP contribution is -2.12. The predicted molar refractivity (Wildman–Crippen MR) is 139 cm³/mol. The monoisotopic (exact) mass is 594 g/mol. The Morgan fingerprint density at radius 2 is 1.44 bits per heavy atom. The van der Waals surface area contributed by atoms with Crippen LogP contribution < -0.4 is 0 Å². The second kappa shape index (κ2) is 9.47. The summed E-state index contributed by atoms with van der Waals surface area (Å²) in [5, 5.41) is 19.8. The van der Waals surface area contributed by atoms with E-state index in [4.69, 9.17) is 5.26 Å². The van der Waals surface area contributed by atoms with Gasteiger partial charge in [0.2, 0.25) is 0 Å². The second-order valence-corrected chi connectivity index (χ2v) is 10.9.